The van der Waals surface area contributed by atoms with Crippen molar-refractivity contribution in [2.24, 2.45) is 5.73 Å². The molecule has 126 valence electrons. The van der Waals surface area contributed by atoms with Gasteiger partial charge in [0.15, 0.2) is 6.61 Å². The molecule has 0 aliphatic heterocycles. The van der Waals surface area contributed by atoms with E-state index < -0.39 is 18.5 Å². The van der Waals surface area contributed by atoms with Gasteiger partial charge in [-0.25, -0.2) is 9.78 Å². The third-order valence-electron chi connectivity index (χ3n) is 3.55. The summed E-state index contributed by atoms with van der Waals surface area (Å²) < 4.78 is 6.10. The molecule has 0 spiro atoms. The van der Waals surface area contributed by atoms with Crippen LogP contribution < -0.4 is 10.5 Å². The van der Waals surface area contributed by atoms with Crippen LogP contribution in [0.1, 0.15) is 10.4 Å². The maximum Gasteiger partial charge on any atom is 0.341 e. The van der Waals surface area contributed by atoms with Crippen molar-refractivity contribution in [2.45, 2.75) is 0 Å². The van der Waals surface area contributed by atoms with Gasteiger partial charge in [0, 0.05) is 21.5 Å². The summed E-state index contributed by atoms with van der Waals surface area (Å²) in [5.74, 6) is -1.42. The van der Waals surface area contributed by atoms with Gasteiger partial charge in [-0.15, -0.1) is 0 Å². The average molecular weight is 401 g/mol. The number of amides is 1. The van der Waals surface area contributed by atoms with Gasteiger partial charge in [-0.1, -0.05) is 28.1 Å². The van der Waals surface area contributed by atoms with E-state index in [1.807, 2.05) is 18.2 Å². The zero-order chi connectivity index (χ0) is 18.0. The summed E-state index contributed by atoms with van der Waals surface area (Å²) in [5, 5.41) is 9.63. The average Bonchev–Trinajstić information content (AvgIpc) is 2.59. The van der Waals surface area contributed by atoms with Gasteiger partial charge in [0.05, 0.1) is 5.52 Å². The lowest BCUT2D eigenvalue weighted by Crippen LogP contribution is -2.11. The highest BCUT2D eigenvalue weighted by Gasteiger charge is 2.12. The summed E-state index contributed by atoms with van der Waals surface area (Å²) >= 11 is 3.43. The van der Waals surface area contributed by atoms with Crippen LogP contribution in [0.2, 0.25) is 0 Å². The number of pyridine rings is 1. The fourth-order valence-corrected chi connectivity index (χ4v) is 2.82. The summed E-state index contributed by atoms with van der Waals surface area (Å²) in [4.78, 5) is 26.5. The fourth-order valence-electron chi connectivity index (χ4n) is 2.46. The monoisotopic (exact) mass is 400 g/mol. The maximum absolute atomic E-state index is 11.5. The molecule has 25 heavy (non-hydrogen) atoms. The van der Waals surface area contributed by atoms with E-state index in [1.54, 1.807) is 30.3 Å². The van der Waals surface area contributed by atoms with Crippen LogP contribution in [0.4, 0.5) is 0 Å². The minimum atomic E-state index is -1.09. The number of carbonyl (C=O) groups is 2. The molecule has 1 amide bonds. The number of primary amides is 1. The van der Waals surface area contributed by atoms with E-state index in [1.165, 1.54) is 0 Å². The van der Waals surface area contributed by atoms with Gasteiger partial charge < -0.3 is 15.6 Å². The van der Waals surface area contributed by atoms with Crippen LogP contribution in [0.3, 0.4) is 0 Å². The molecule has 7 heteroatoms. The zero-order valence-electron chi connectivity index (χ0n) is 12.9. The van der Waals surface area contributed by atoms with E-state index in [0.717, 1.165) is 21.0 Å². The van der Waals surface area contributed by atoms with Crippen molar-refractivity contribution >= 4 is 38.7 Å². The quantitative estimate of drug-likeness (QED) is 0.684. The second kappa shape index (κ2) is 6.90. The van der Waals surface area contributed by atoms with Crippen molar-refractivity contribution in [3.63, 3.8) is 0 Å². The normalized spacial score (nSPS) is 10.6. The van der Waals surface area contributed by atoms with Crippen LogP contribution in [0.25, 0.3) is 22.0 Å². The van der Waals surface area contributed by atoms with E-state index >= 15 is 0 Å². The highest BCUT2D eigenvalue weighted by atomic mass is 79.9. The standard InChI is InChI=1S/C18H13BrN2O4/c19-12-4-5-15-14(7-12)13(8-16(21-15)25-9-17(22)23)10-2-1-3-11(6-10)18(20)24/h1-8H,9H2,(H2,20,24)(H,22,23). The number of carboxylic acid groups (broad SMARTS) is 1. The Balaban J connectivity index is 2.20. The SMILES string of the molecule is NC(=O)c1cccc(-c2cc(OCC(=O)O)nc3ccc(Br)cc23)c1. The molecule has 0 aliphatic carbocycles. The summed E-state index contributed by atoms with van der Waals surface area (Å²) in [7, 11) is 0. The molecular weight excluding hydrogens is 388 g/mol. The molecule has 1 aromatic heterocycles. The number of aliphatic carboxylic acids is 1. The second-order valence-electron chi connectivity index (χ2n) is 5.30. The Morgan fingerprint density at radius 2 is 1.96 bits per heavy atom. The highest BCUT2D eigenvalue weighted by molar-refractivity contribution is 9.10. The maximum atomic E-state index is 11.5. The predicted octanol–water partition coefficient (Wildman–Crippen LogP) is 3.23. The van der Waals surface area contributed by atoms with Gasteiger partial charge in [-0.2, -0.15) is 0 Å². The van der Waals surface area contributed by atoms with Crippen molar-refractivity contribution < 1.29 is 19.4 Å². The first-order valence-corrected chi connectivity index (χ1v) is 8.08. The number of hydrogen-bond acceptors (Lipinski definition) is 4. The third-order valence-corrected chi connectivity index (χ3v) is 4.04. The number of rotatable bonds is 5. The summed E-state index contributed by atoms with van der Waals surface area (Å²) in [6.45, 7) is -0.490. The minimum Gasteiger partial charge on any atom is -0.479 e. The number of carbonyl (C=O) groups excluding carboxylic acids is 1. The Hall–Kier alpha value is -2.93. The first kappa shape index (κ1) is 16.9. The lowest BCUT2D eigenvalue weighted by atomic mass is 9.99. The Morgan fingerprint density at radius 3 is 2.68 bits per heavy atom. The smallest absolute Gasteiger partial charge is 0.341 e. The summed E-state index contributed by atoms with van der Waals surface area (Å²) in [6.07, 6.45) is 0. The molecule has 0 fully saturated rings. The summed E-state index contributed by atoms with van der Waals surface area (Å²) in [6, 6.07) is 14.1. The van der Waals surface area contributed by atoms with E-state index in [2.05, 4.69) is 20.9 Å². The predicted molar refractivity (Wildman–Crippen MR) is 96.5 cm³/mol. The van der Waals surface area contributed by atoms with Crippen molar-refractivity contribution in [1.29, 1.82) is 0 Å². The van der Waals surface area contributed by atoms with Crippen molar-refractivity contribution in [1.82, 2.24) is 4.98 Å². The third kappa shape index (κ3) is 3.77. The van der Waals surface area contributed by atoms with Crippen LogP contribution in [0.15, 0.2) is 53.0 Å². The molecule has 1 heterocycles. The number of nitrogens with zero attached hydrogens (tertiary/aromatic N) is 1. The van der Waals surface area contributed by atoms with Gasteiger partial charge in [0.2, 0.25) is 11.8 Å². The van der Waals surface area contributed by atoms with Crippen molar-refractivity contribution in [2.75, 3.05) is 6.61 Å². The molecule has 3 rings (SSSR count). The van der Waals surface area contributed by atoms with Crippen molar-refractivity contribution in [3.8, 4) is 17.0 Å². The van der Waals surface area contributed by atoms with Gasteiger partial charge in [0.1, 0.15) is 0 Å². The molecule has 3 N–H and O–H groups in total. The van der Waals surface area contributed by atoms with Gasteiger partial charge >= 0.3 is 5.97 Å². The number of benzene rings is 2. The molecule has 2 aromatic carbocycles. The van der Waals surface area contributed by atoms with Gasteiger partial charge in [-0.3, -0.25) is 4.79 Å². The zero-order valence-corrected chi connectivity index (χ0v) is 14.5. The first-order valence-electron chi connectivity index (χ1n) is 7.29. The molecule has 6 nitrogen and oxygen atoms in total. The fraction of sp³-hybridized carbons (Fsp3) is 0.0556. The van der Waals surface area contributed by atoms with Crippen LogP contribution >= 0.6 is 15.9 Å². The number of carboxylic acids is 1. The lowest BCUT2D eigenvalue weighted by Gasteiger charge is -2.11. The number of halogens is 1. The summed E-state index contributed by atoms with van der Waals surface area (Å²) in [5.41, 5.74) is 7.89. The lowest BCUT2D eigenvalue weighted by molar-refractivity contribution is -0.139. The molecule has 0 atom stereocenters. The first-order chi connectivity index (χ1) is 11.9. The van der Waals surface area contributed by atoms with E-state index in [4.69, 9.17) is 15.6 Å². The van der Waals surface area contributed by atoms with Crippen LogP contribution in [0.5, 0.6) is 5.88 Å². The topological polar surface area (TPSA) is 103 Å². The molecule has 0 saturated carbocycles. The van der Waals surface area contributed by atoms with E-state index in [0.29, 0.717) is 11.1 Å². The number of aromatic nitrogens is 1. The van der Waals surface area contributed by atoms with E-state index in [9.17, 15) is 9.59 Å². The van der Waals surface area contributed by atoms with Crippen LogP contribution in [-0.4, -0.2) is 28.6 Å². The Labute approximate surface area is 151 Å². The molecule has 0 saturated heterocycles. The van der Waals surface area contributed by atoms with Crippen LogP contribution in [-0.2, 0) is 4.79 Å². The second-order valence-corrected chi connectivity index (χ2v) is 6.21. The van der Waals surface area contributed by atoms with Crippen LogP contribution in [0, 0.1) is 0 Å². The minimum absolute atomic E-state index is 0.191. The molecular formula is C18H13BrN2O4. The Morgan fingerprint density at radius 1 is 1.16 bits per heavy atom. The van der Waals surface area contributed by atoms with E-state index in [-0.39, 0.29) is 5.88 Å². The number of hydrogen-bond donors (Lipinski definition) is 2. The largest absolute Gasteiger partial charge is 0.479 e. The van der Waals surface area contributed by atoms with Gasteiger partial charge in [0.25, 0.3) is 0 Å². The Bertz CT molecular complexity index is 988. The molecule has 0 radical (unpaired) electrons. The number of ether oxygens (including phenoxy) is 1. The van der Waals surface area contributed by atoms with Crippen molar-refractivity contribution in [3.05, 3.63) is 58.6 Å². The molecule has 0 aliphatic rings. The van der Waals surface area contributed by atoms with Gasteiger partial charge in [-0.05, 0) is 41.5 Å². The highest BCUT2D eigenvalue weighted by Crippen LogP contribution is 2.33. The molecule has 3 aromatic rings. The Kier molecular flexibility index (Phi) is 4.67. The number of nitrogens with two attached hydrogens (primary N) is 1. The molecule has 0 unspecified atom stereocenters. The molecule has 0 bridgehead atoms. The number of fused-ring (bicyclic) bond motifs is 1.